The number of aliphatic hydroxyl groups is 1. The number of amides is 1. The quantitative estimate of drug-likeness (QED) is 0.744. The Bertz CT molecular complexity index is 401. The summed E-state index contributed by atoms with van der Waals surface area (Å²) in [6.07, 6.45) is -0.00866. The molecule has 0 spiro atoms. The van der Waals surface area contributed by atoms with Crippen LogP contribution in [0.3, 0.4) is 0 Å². The molecule has 1 amide bonds. The number of hydrogen-bond donors (Lipinski definition) is 2. The first-order chi connectivity index (χ1) is 8.63. The van der Waals surface area contributed by atoms with Gasteiger partial charge in [-0.1, -0.05) is 15.9 Å². The van der Waals surface area contributed by atoms with E-state index in [0.717, 1.165) is 4.47 Å². The van der Waals surface area contributed by atoms with Gasteiger partial charge in [0.25, 0.3) is 0 Å². The van der Waals surface area contributed by atoms with Crippen molar-refractivity contribution in [3.05, 3.63) is 34.1 Å². The summed E-state index contributed by atoms with van der Waals surface area (Å²) in [5, 5.41) is 11.1. The molecule has 0 saturated heterocycles. The zero-order valence-corrected chi connectivity index (χ0v) is 11.4. The zero-order valence-electron chi connectivity index (χ0n) is 9.79. The maximum atomic E-state index is 13.4. The SMILES string of the molecule is O=C(Cc1cc(Br)ccc1F)NCCOCCO. The van der Waals surface area contributed by atoms with Crippen molar-refractivity contribution in [3.8, 4) is 0 Å². The largest absolute Gasteiger partial charge is 0.394 e. The lowest BCUT2D eigenvalue weighted by atomic mass is 10.1. The minimum absolute atomic E-state index is 0.00866. The van der Waals surface area contributed by atoms with E-state index in [2.05, 4.69) is 21.2 Å². The van der Waals surface area contributed by atoms with Crippen molar-refractivity contribution < 1.29 is 19.0 Å². The number of ether oxygens (including phenoxy) is 1. The van der Waals surface area contributed by atoms with Gasteiger partial charge < -0.3 is 15.2 Å². The predicted octanol–water partition coefficient (Wildman–Crippen LogP) is 1.26. The van der Waals surface area contributed by atoms with Crippen molar-refractivity contribution in [2.45, 2.75) is 6.42 Å². The van der Waals surface area contributed by atoms with E-state index in [4.69, 9.17) is 9.84 Å². The first-order valence-electron chi connectivity index (χ1n) is 5.52. The molecule has 1 aromatic rings. The van der Waals surface area contributed by atoms with Crippen LogP contribution < -0.4 is 5.32 Å². The second-order valence-corrected chi connectivity index (χ2v) is 4.51. The van der Waals surface area contributed by atoms with Gasteiger partial charge in [0.2, 0.25) is 5.91 Å². The number of hydrogen-bond acceptors (Lipinski definition) is 3. The number of carbonyl (C=O) groups is 1. The molecule has 0 fully saturated rings. The number of carbonyl (C=O) groups excluding carboxylic acids is 1. The van der Waals surface area contributed by atoms with Gasteiger partial charge in [-0.2, -0.15) is 0 Å². The number of halogens is 2. The minimum atomic E-state index is -0.398. The lowest BCUT2D eigenvalue weighted by Crippen LogP contribution is -2.29. The number of benzene rings is 1. The molecule has 0 bridgehead atoms. The molecule has 1 aromatic carbocycles. The first kappa shape index (κ1) is 15.1. The molecule has 0 saturated carbocycles. The number of rotatable bonds is 7. The van der Waals surface area contributed by atoms with Crippen molar-refractivity contribution >= 4 is 21.8 Å². The van der Waals surface area contributed by atoms with Gasteiger partial charge in [-0.3, -0.25) is 4.79 Å². The predicted molar refractivity (Wildman–Crippen MR) is 68.7 cm³/mol. The third-order valence-corrected chi connectivity index (χ3v) is 2.66. The Balaban J connectivity index is 2.33. The Morgan fingerprint density at radius 1 is 1.44 bits per heavy atom. The van der Waals surface area contributed by atoms with Crippen molar-refractivity contribution in [1.82, 2.24) is 5.32 Å². The van der Waals surface area contributed by atoms with Gasteiger partial charge in [0.1, 0.15) is 5.82 Å². The fourth-order valence-corrected chi connectivity index (χ4v) is 1.75. The lowest BCUT2D eigenvalue weighted by molar-refractivity contribution is -0.120. The molecule has 2 N–H and O–H groups in total. The summed E-state index contributed by atoms with van der Waals surface area (Å²) in [6.45, 7) is 0.870. The average molecular weight is 320 g/mol. The maximum Gasteiger partial charge on any atom is 0.224 e. The van der Waals surface area contributed by atoms with Crippen LogP contribution in [0.1, 0.15) is 5.56 Å². The van der Waals surface area contributed by atoms with E-state index in [1.165, 1.54) is 6.07 Å². The highest BCUT2D eigenvalue weighted by Gasteiger charge is 2.08. The van der Waals surface area contributed by atoms with Gasteiger partial charge >= 0.3 is 0 Å². The van der Waals surface area contributed by atoms with E-state index < -0.39 is 5.82 Å². The second kappa shape index (κ2) is 8.18. The summed E-state index contributed by atoms with van der Waals surface area (Å²) in [6, 6.07) is 4.48. The van der Waals surface area contributed by atoms with E-state index in [0.29, 0.717) is 18.7 Å². The van der Waals surface area contributed by atoms with Crippen LogP contribution in [0.4, 0.5) is 4.39 Å². The zero-order chi connectivity index (χ0) is 13.4. The molecule has 1 rings (SSSR count). The monoisotopic (exact) mass is 319 g/mol. The second-order valence-electron chi connectivity index (χ2n) is 3.60. The normalized spacial score (nSPS) is 10.4. The minimum Gasteiger partial charge on any atom is -0.394 e. The molecule has 0 atom stereocenters. The molecule has 0 aliphatic rings. The third kappa shape index (κ3) is 5.57. The molecule has 0 radical (unpaired) electrons. The Morgan fingerprint density at radius 2 is 2.22 bits per heavy atom. The topological polar surface area (TPSA) is 58.6 Å². The van der Waals surface area contributed by atoms with Gasteiger partial charge in [-0.25, -0.2) is 4.39 Å². The van der Waals surface area contributed by atoms with Gasteiger partial charge in [-0.15, -0.1) is 0 Å². The Labute approximate surface area is 113 Å². The van der Waals surface area contributed by atoms with Crippen LogP contribution in [-0.2, 0) is 16.0 Å². The van der Waals surface area contributed by atoms with E-state index >= 15 is 0 Å². The summed E-state index contributed by atoms with van der Waals surface area (Å²) in [7, 11) is 0. The van der Waals surface area contributed by atoms with Crippen LogP contribution in [0, 0.1) is 5.82 Å². The molecular formula is C12H15BrFNO3. The average Bonchev–Trinajstić information content (AvgIpc) is 2.33. The number of aliphatic hydroxyl groups excluding tert-OH is 1. The van der Waals surface area contributed by atoms with Gasteiger partial charge in [-0.05, 0) is 23.8 Å². The van der Waals surface area contributed by atoms with Crippen molar-refractivity contribution in [2.75, 3.05) is 26.4 Å². The smallest absolute Gasteiger partial charge is 0.224 e. The Hall–Kier alpha value is -0.980. The summed E-state index contributed by atoms with van der Waals surface area (Å²) >= 11 is 3.23. The van der Waals surface area contributed by atoms with Gasteiger partial charge in [0.05, 0.1) is 26.2 Å². The molecule has 18 heavy (non-hydrogen) atoms. The van der Waals surface area contributed by atoms with Crippen LogP contribution in [0.5, 0.6) is 0 Å². The molecule has 0 unspecified atom stereocenters. The highest BCUT2D eigenvalue weighted by atomic mass is 79.9. The van der Waals surface area contributed by atoms with Crippen molar-refractivity contribution in [1.29, 1.82) is 0 Å². The summed E-state index contributed by atoms with van der Waals surface area (Å²) in [5.41, 5.74) is 0.346. The highest BCUT2D eigenvalue weighted by Crippen LogP contribution is 2.15. The molecule has 0 heterocycles. The summed E-state index contributed by atoms with van der Waals surface area (Å²) in [4.78, 5) is 11.5. The first-order valence-corrected chi connectivity index (χ1v) is 6.32. The molecule has 4 nitrogen and oxygen atoms in total. The van der Waals surface area contributed by atoms with E-state index in [1.54, 1.807) is 12.1 Å². The van der Waals surface area contributed by atoms with E-state index in [1.807, 2.05) is 0 Å². The maximum absolute atomic E-state index is 13.4. The third-order valence-electron chi connectivity index (χ3n) is 2.16. The van der Waals surface area contributed by atoms with Crippen LogP contribution >= 0.6 is 15.9 Å². The standard InChI is InChI=1S/C12H15BrFNO3/c13-10-1-2-11(14)9(7-10)8-12(17)15-3-5-18-6-4-16/h1-2,7,16H,3-6,8H2,(H,15,17). The fourth-order valence-electron chi connectivity index (χ4n) is 1.34. The molecule has 100 valence electrons. The van der Waals surface area contributed by atoms with Crippen LogP contribution in [0.25, 0.3) is 0 Å². The Kier molecular flexibility index (Phi) is 6.85. The number of nitrogens with one attached hydrogen (secondary N) is 1. The van der Waals surface area contributed by atoms with Gasteiger partial charge in [0.15, 0.2) is 0 Å². The van der Waals surface area contributed by atoms with Crippen LogP contribution in [-0.4, -0.2) is 37.4 Å². The molecule has 0 aromatic heterocycles. The van der Waals surface area contributed by atoms with Crippen molar-refractivity contribution in [2.24, 2.45) is 0 Å². The van der Waals surface area contributed by atoms with Gasteiger partial charge in [0, 0.05) is 11.0 Å². The van der Waals surface area contributed by atoms with Crippen LogP contribution in [0.2, 0.25) is 0 Å². The fraction of sp³-hybridized carbons (Fsp3) is 0.417. The van der Waals surface area contributed by atoms with E-state index in [9.17, 15) is 9.18 Å². The summed E-state index contributed by atoms with van der Waals surface area (Å²) in [5.74, 6) is -0.663. The molecule has 0 aliphatic carbocycles. The van der Waals surface area contributed by atoms with Crippen LogP contribution in [0.15, 0.2) is 22.7 Å². The Morgan fingerprint density at radius 3 is 2.94 bits per heavy atom. The highest BCUT2D eigenvalue weighted by molar-refractivity contribution is 9.10. The molecular weight excluding hydrogens is 305 g/mol. The van der Waals surface area contributed by atoms with Crippen molar-refractivity contribution in [3.63, 3.8) is 0 Å². The molecule has 6 heteroatoms. The summed E-state index contributed by atoms with van der Waals surface area (Å²) < 4.78 is 19.1. The van der Waals surface area contributed by atoms with E-state index in [-0.39, 0.29) is 25.5 Å². The molecule has 0 aliphatic heterocycles. The lowest BCUT2D eigenvalue weighted by Gasteiger charge is -2.06.